The molecule has 220 valence electrons. The Morgan fingerprint density at radius 3 is 2.24 bits per heavy atom. The molecule has 0 aromatic carbocycles. The Bertz CT molecular complexity index is 802. The maximum Gasteiger partial charge on any atom is 0.326 e. The number of allylic oxidation sites excluding steroid dienone is 3. The molecule has 8 heteroatoms. The third-order valence-corrected chi connectivity index (χ3v) is 7.63. The van der Waals surface area contributed by atoms with Gasteiger partial charge in [0.15, 0.2) is 0 Å². The molecule has 1 aliphatic heterocycles. The number of methoxy groups -OCH3 is 2. The van der Waals surface area contributed by atoms with Gasteiger partial charge in [0.05, 0.1) is 30.6 Å². The Balaban J connectivity index is 0. The molecule has 1 saturated heterocycles. The van der Waals surface area contributed by atoms with E-state index < -0.39 is 29.9 Å². The molecule has 1 heterocycles. The number of amides is 2. The van der Waals surface area contributed by atoms with Crippen LogP contribution in [0.3, 0.4) is 0 Å². The van der Waals surface area contributed by atoms with Gasteiger partial charge in [-0.15, -0.1) is 0 Å². The van der Waals surface area contributed by atoms with Crippen molar-refractivity contribution in [3.63, 3.8) is 0 Å². The molecule has 8 nitrogen and oxygen atoms in total. The van der Waals surface area contributed by atoms with Crippen molar-refractivity contribution in [1.82, 2.24) is 10.2 Å². The Morgan fingerprint density at radius 1 is 1.13 bits per heavy atom. The van der Waals surface area contributed by atoms with Crippen LogP contribution >= 0.6 is 0 Å². The van der Waals surface area contributed by atoms with E-state index in [1.807, 2.05) is 18.7 Å². The SMILES string of the molecule is C=C/C=C(\C=C)C[C@H](NC(=O)[C@H](C)[C@@H](OC)[C@@H]1CCCN1C(=O)C[C@@H](OC)[C@@H](C)[C@@H](C)CC)C(=O)O.CC.[HH]. The summed E-state index contributed by atoms with van der Waals surface area (Å²) in [5.74, 6) is -1.59. The van der Waals surface area contributed by atoms with Gasteiger partial charge >= 0.3 is 5.97 Å². The number of nitrogens with zero attached hydrogens (tertiary/aromatic N) is 1. The van der Waals surface area contributed by atoms with Gasteiger partial charge in [0.25, 0.3) is 0 Å². The van der Waals surface area contributed by atoms with Gasteiger partial charge in [0.2, 0.25) is 11.8 Å². The zero-order valence-electron chi connectivity index (χ0n) is 24.9. The molecule has 0 unspecified atom stereocenters. The van der Waals surface area contributed by atoms with Gasteiger partial charge in [-0.1, -0.05) is 79.3 Å². The van der Waals surface area contributed by atoms with Crippen molar-refractivity contribution in [1.29, 1.82) is 0 Å². The summed E-state index contributed by atoms with van der Waals surface area (Å²) in [6, 6.07) is -1.39. The fourth-order valence-corrected chi connectivity index (χ4v) is 4.91. The van der Waals surface area contributed by atoms with Gasteiger partial charge in [-0.3, -0.25) is 9.59 Å². The van der Waals surface area contributed by atoms with Gasteiger partial charge in [0, 0.05) is 28.6 Å². The molecule has 1 rings (SSSR count). The van der Waals surface area contributed by atoms with Gasteiger partial charge in [-0.2, -0.15) is 0 Å². The molecule has 0 radical (unpaired) electrons. The van der Waals surface area contributed by atoms with E-state index in [1.54, 1.807) is 32.3 Å². The van der Waals surface area contributed by atoms with Crippen molar-refractivity contribution in [2.45, 2.75) is 97.9 Å². The topological polar surface area (TPSA) is 105 Å². The fraction of sp³-hybridized carbons (Fsp3) is 0.700. The molecule has 0 aliphatic carbocycles. The summed E-state index contributed by atoms with van der Waals surface area (Å²) < 4.78 is 11.4. The maximum atomic E-state index is 13.3. The second-order valence-electron chi connectivity index (χ2n) is 9.79. The second-order valence-corrected chi connectivity index (χ2v) is 9.79. The number of likely N-dealkylation sites (tertiary alicyclic amines) is 1. The largest absolute Gasteiger partial charge is 0.480 e. The van der Waals surface area contributed by atoms with Crippen molar-refractivity contribution in [2.24, 2.45) is 17.8 Å². The lowest BCUT2D eigenvalue weighted by atomic mass is 9.87. The number of rotatable bonds is 16. The average Bonchev–Trinajstić information content (AvgIpc) is 3.40. The van der Waals surface area contributed by atoms with Gasteiger partial charge in [-0.05, 0) is 30.3 Å². The van der Waals surface area contributed by atoms with Crippen molar-refractivity contribution in [3.05, 3.63) is 37.0 Å². The Morgan fingerprint density at radius 2 is 1.76 bits per heavy atom. The zero-order valence-corrected chi connectivity index (χ0v) is 24.9. The van der Waals surface area contributed by atoms with Crippen LogP contribution in [0.4, 0.5) is 0 Å². The van der Waals surface area contributed by atoms with Crippen LogP contribution in [0.25, 0.3) is 0 Å². The first-order valence-corrected chi connectivity index (χ1v) is 13.9. The average molecular weight is 539 g/mol. The molecule has 0 aromatic rings. The number of carboxylic acid groups (broad SMARTS) is 1. The van der Waals surface area contributed by atoms with Crippen molar-refractivity contribution >= 4 is 17.8 Å². The molecule has 0 bridgehead atoms. The third kappa shape index (κ3) is 10.4. The summed E-state index contributed by atoms with van der Waals surface area (Å²) in [5, 5.41) is 12.3. The molecule has 7 atom stereocenters. The predicted octanol–water partition coefficient (Wildman–Crippen LogP) is 5.25. The minimum atomic E-state index is -1.14. The van der Waals surface area contributed by atoms with Gasteiger partial charge in [-0.25, -0.2) is 4.79 Å². The number of nitrogens with one attached hydrogen (secondary N) is 1. The van der Waals surface area contributed by atoms with E-state index in [4.69, 9.17) is 9.47 Å². The van der Waals surface area contributed by atoms with E-state index >= 15 is 0 Å². The number of hydrogen-bond acceptors (Lipinski definition) is 5. The first kappa shape index (κ1) is 35.5. The molecule has 0 saturated carbocycles. The lowest BCUT2D eigenvalue weighted by Gasteiger charge is -2.35. The molecule has 38 heavy (non-hydrogen) atoms. The van der Waals surface area contributed by atoms with Crippen molar-refractivity contribution < 1.29 is 30.4 Å². The van der Waals surface area contributed by atoms with Crippen LogP contribution in [-0.2, 0) is 23.9 Å². The van der Waals surface area contributed by atoms with Crippen LogP contribution in [0.5, 0.6) is 0 Å². The smallest absolute Gasteiger partial charge is 0.326 e. The summed E-state index contributed by atoms with van der Waals surface area (Å²) in [6.07, 6.45) is 6.90. The number of carbonyl (C=O) groups excluding carboxylic acids is 2. The molecular formula is C30H54N2O6. The molecular weight excluding hydrogens is 484 g/mol. The summed E-state index contributed by atoms with van der Waals surface area (Å²) in [6.45, 7) is 20.0. The highest BCUT2D eigenvalue weighted by Crippen LogP contribution is 2.29. The zero-order chi connectivity index (χ0) is 29.4. The first-order valence-electron chi connectivity index (χ1n) is 13.9. The minimum absolute atomic E-state index is 0. The Kier molecular flexibility index (Phi) is 17.5. The second kappa shape index (κ2) is 18.7. The highest BCUT2D eigenvalue weighted by atomic mass is 16.5. The van der Waals surface area contributed by atoms with E-state index in [0.717, 1.165) is 12.8 Å². The molecule has 2 amide bonds. The van der Waals surface area contributed by atoms with Crippen molar-refractivity contribution in [3.8, 4) is 0 Å². The van der Waals surface area contributed by atoms with Crippen LogP contribution in [0.15, 0.2) is 37.0 Å². The number of carboxylic acids is 1. The summed E-state index contributed by atoms with van der Waals surface area (Å²) in [4.78, 5) is 40.0. The third-order valence-electron chi connectivity index (χ3n) is 7.63. The highest BCUT2D eigenvalue weighted by molar-refractivity contribution is 5.85. The molecule has 0 aromatic heterocycles. The number of hydrogen-bond donors (Lipinski definition) is 2. The highest BCUT2D eigenvalue weighted by Gasteiger charge is 2.41. The van der Waals surface area contributed by atoms with E-state index in [2.05, 4.69) is 39.2 Å². The van der Waals surface area contributed by atoms with E-state index in [-0.39, 0.29) is 38.2 Å². The van der Waals surface area contributed by atoms with Crippen molar-refractivity contribution in [2.75, 3.05) is 20.8 Å². The summed E-state index contributed by atoms with van der Waals surface area (Å²) >= 11 is 0. The molecule has 1 fully saturated rings. The standard InChI is InChI=1S/C28H46N2O6.C2H6.H2/c1-9-13-21(11-3)16-22(28(33)34)29-27(32)20(6)26(36-8)23-14-12-15-30(23)25(31)17-24(35-7)19(5)18(4)10-2;1-2;/h9,11,13,18-20,22-24,26H,1,3,10,12,14-17H2,2,4-8H3,(H,29,32)(H,33,34);1-2H3;1H/b21-13+;;/t18-,19-,20+,22-,23-,24+,26+;;/m0../s1. The van der Waals surface area contributed by atoms with Crippen LogP contribution in [-0.4, -0.2) is 72.8 Å². The van der Waals surface area contributed by atoms with Crippen LogP contribution in [0, 0.1) is 17.8 Å². The lowest BCUT2D eigenvalue weighted by Crippen LogP contribution is -2.52. The number of aliphatic carboxylic acids is 1. The Hall–Kier alpha value is -2.45. The number of ether oxygens (including phenoxy) is 2. The summed E-state index contributed by atoms with van der Waals surface area (Å²) in [5.41, 5.74) is 0.653. The monoisotopic (exact) mass is 538 g/mol. The molecule has 1 aliphatic rings. The van der Waals surface area contributed by atoms with E-state index in [1.165, 1.54) is 7.11 Å². The van der Waals surface area contributed by atoms with Gasteiger partial charge in [0.1, 0.15) is 6.04 Å². The maximum absolute atomic E-state index is 13.3. The predicted molar refractivity (Wildman–Crippen MR) is 155 cm³/mol. The lowest BCUT2D eigenvalue weighted by molar-refractivity contribution is -0.145. The van der Waals surface area contributed by atoms with E-state index in [9.17, 15) is 19.5 Å². The minimum Gasteiger partial charge on any atom is -0.480 e. The van der Waals surface area contributed by atoms with E-state index in [0.29, 0.717) is 24.5 Å². The first-order chi connectivity index (χ1) is 18.1. The van der Waals surface area contributed by atoms with Gasteiger partial charge < -0.3 is 24.8 Å². The fourth-order valence-electron chi connectivity index (χ4n) is 4.91. The molecule has 2 N–H and O–H groups in total. The summed E-state index contributed by atoms with van der Waals surface area (Å²) in [7, 11) is 3.17. The number of carbonyl (C=O) groups is 3. The van der Waals surface area contributed by atoms with Crippen LogP contribution < -0.4 is 5.32 Å². The molecule has 0 spiro atoms. The van der Waals surface area contributed by atoms with Crippen LogP contribution in [0.1, 0.15) is 75.1 Å². The Labute approximate surface area is 232 Å². The normalized spacial score (nSPS) is 20.2. The van der Waals surface area contributed by atoms with Crippen LogP contribution in [0.2, 0.25) is 0 Å². The quantitative estimate of drug-likeness (QED) is 0.260.